The number of fused-ring (bicyclic) bond motifs is 3. The predicted molar refractivity (Wildman–Crippen MR) is 132 cm³/mol. The number of halogens is 8. The first-order valence-corrected chi connectivity index (χ1v) is 14.8. The van der Waals surface area contributed by atoms with Gasteiger partial charge in [0, 0.05) is 18.0 Å². The van der Waals surface area contributed by atoms with Crippen LogP contribution in [0.2, 0.25) is 0 Å². The monoisotopic (exact) mass is 609 g/mol. The van der Waals surface area contributed by atoms with E-state index in [9.17, 15) is 48.3 Å². The summed E-state index contributed by atoms with van der Waals surface area (Å²) in [4.78, 5) is 14.8. The van der Waals surface area contributed by atoms with Crippen LogP contribution >= 0.6 is 0 Å². The number of carbonyl (C=O) groups excluding carboxylic acids is 1. The first-order valence-electron chi connectivity index (χ1n) is 13.3. The molecule has 0 bridgehead atoms. The molecule has 1 amide bonds. The molecule has 2 fully saturated rings. The van der Waals surface area contributed by atoms with E-state index in [0.717, 1.165) is 49.6 Å². The van der Waals surface area contributed by atoms with Gasteiger partial charge >= 0.3 is 18.0 Å². The van der Waals surface area contributed by atoms with Gasteiger partial charge in [-0.1, -0.05) is 37.5 Å². The van der Waals surface area contributed by atoms with E-state index in [1.807, 2.05) is 0 Å². The van der Waals surface area contributed by atoms with E-state index in [4.69, 9.17) is 0 Å². The standard InChI is InChI=1S/C28H27F8NO3S/c29-20-8-10-21(11-9-20)41(39,40)25-14-15-37(24(38)17-4-2-1-3-5-17)23(25)13-6-18-16-19(7-12-22(18)25)26(30,27(31,32)33)28(34,35)36/h7-12,16-17,23H,1-6,13-15H2/t23-,25-/m1/s1. The third-order valence-electron chi connectivity index (χ3n) is 8.91. The molecule has 0 N–H and O–H groups in total. The molecule has 5 rings (SSSR count). The first-order chi connectivity index (χ1) is 19.1. The molecule has 1 aliphatic heterocycles. The minimum atomic E-state index is -6.33. The number of carbonyl (C=O) groups is 1. The minimum absolute atomic E-state index is 0.000231. The maximum atomic E-state index is 14.9. The molecule has 2 atom stereocenters. The smallest absolute Gasteiger partial charge is 0.337 e. The van der Waals surface area contributed by atoms with Crippen molar-refractivity contribution in [1.82, 2.24) is 4.90 Å². The number of benzene rings is 2. The second-order valence-corrected chi connectivity index (χ2v) is 13.3. The summed E-state index contributed by atoms with van der Waals surface area (Å²) < 4.78 is 136. The van der Waals surface area contributed by atoms with Gasteiger partial charge in [-0.15, -0.1) is 0 Å². The van der Waals surface area contributed by atoms with Gasteiger partial charge in [0.2, 0.25) is 5.91 Å². The fraction of sp³-hybridized carbons (Fsp3) is 0.536. The summed E-state index contributed by atoms with van der Waals surface area (Å²) in [6, 6.07) is 4.54. The van der Waals surface area contributed by atoms with Crippen LogP contribution in [0.3, 0.4) is 0 Å². The van der Waals surface area contributed by atoms with Crippen LogP contribution in [0.1, 0.15) is 61.6 Å². The highest BCUT2D eigenvalue weighted by molar-refractivity contribution is 7.92. The SMILES string of the molecule is O=C(C1CCCCC1)N1CC[C@@]2(S(=O)(=O)c3ccc(F)cc3)c3ccc(C(F)(C(F)(F)F)C(F)(F)F)cc3CC[C@@H]12. The van der Waals surface area contributed by atoms with Crippen molar-refractivity contribution in [2.75, 3.05) is 6.54 Å². The van der Waals surface area contributed by atoms with Gasteiger partial charge in [0.1, 0.15) is 10.6 Å². The van der Waals surface area contributed by atoms with Gasteiger partial charge in [-0.25, -0.2) is 17.2 Å². The number of hydrogen-bond acceptors (Lipinski definition) is 3. The van der Waals surface area contributed by atoms with Crippen molar-refractivity contribution in [3.63, 3.8) is 0 Å². The number of aryl methyl sites for hydroxylation is 1. The summed E-state index contributed by atoms with van der Waals surface area (Å²) in [5.41, 5.74) is -7.62. The Hall–Kier alpha value is -2.70. The van der Waals surface area contributed by atoms with Crippen LogP contribution in [0.4, 0.5) is 35.1 Å². The molecular formula is C28H27F8NO3S. The van der Waals surface area contributed by atoms with E-state index in [1.54, 1.807) is 0 Å². The first kappa shape index (κ1) is 29.8. The van der Waals surface area contributed by atoms with Gasteiger partial charge in [-0.3, -0.25) is 4.79 Å². The maximum Gasteiger partial charge on any atom is 0.435 e. The third-order valence-corrected chi connectivity index (χ3v) is 11.5. The molecule has 2 aromatic carbocycles. The van der Waals surface area contributed by atoms with E-state index in [-0.39, 0.29) is 53.7 Å². The molecule has 1 saturated heterocycles. The Bertz CT molecular complexity index is 1420. The molecule has 1 saturated carbocycles. The molecule has 224 valence electrons. The molecule has 4 nitrogen and oxygen atoms in total. The molecular weight excluding hydrogens is 582 g/mol. The summed E-state index contributed by atoms with van der Waals surface area (Å²) in [6.45, 7) is -0.000231. The maximum absolute atomic E-state index is 14.9. The lowest BCUT2D eigenvalue weighted by Crippen LogP contribution is -2.53. The van der Waals surface area contributed by atoms with E-state index in [2.05, 4.69) is 0 Å². The van der Waals surface area contributed by atoms with Crippen LogP contribution in [0.15, 0.2) is 47.4 Å². The van der Waals surface area contributed by atoms with Gasteiger partial charge < -0.3 is 4.90 Å². The summed E-state index contributed by atoms with van der Waals surface area (Å²) in [5.74, 6) is -1.27. The van der Waals surface area contributed by atoms with Crippen molar-refractivity contribution < 1.29 is 48.3 Å². The lowest BCUT2D eigenvalue weighted by atomic mass is 9.76. The molecule has 0 aromatic heterocycles. The normalized spacial score (nSPS) is 24.2. The lowest BCUT2D eigenvalue weighted by molar-refractivity contribution is -0.348. The Labute approximate surface area is 231 Å². The fourth-order valence-electron chi connectivity index (χ4n) is 6.90. The quantitative estimate of drug-likeness (QED) is 0.280. The molecule has 1 heterocycles. The van der Waals surface area contributed by atoms with Crippen LogP contribution < -0.4 is 0 Å². The number of nitrogens with zero attached hydrogens (tertiary/aromatic N) is 1. The van der Waals surface area contributed by atoms with Gasteiger partial charge in [-0.05, 0) is 67.5 Å². The average Bonchev–Trinajstić information content (AvgIpc) is 3.33. The number of rotatable bonds is 4. The molecule has 13 heteroatoms. The lowest BCUT2D eigenvalue weighted by Gasteiger charge is -2.43. The average molecular weight is 610 g/mol. The van der Waals surface area contributed by atoms with Crippen molar-refractivity contribution in [3.05, 3.63) is 65.0 Å². The highest BCUT2D eigenvalue weighted by atomic mass is 32.2. The van der Waals surface area contributed by atoms with Gasteiger partial charge in [0.15, 0.2) is 9.84 Å². The van der Waals surface area contributed by atoms with Crippen molar-refractivity contribution in [2.45, 2.75) is 85.1 Å². The molecule has 3 aliphatic rings. The number of hydrogen-bond donors (Lipinski definition) is 0. The number of likely N-dealkylation sites (tertiary alicyclic amines) is 1. The molecule has 0 unspecified atom stereocenters. The molecule has 2 aliphatic carbocycles. The summed E-state index contributed by atoms with van der Waals surface area (Å²) in [5, 5.41) is 0. The summed E-state index contributed by atoms with van der Waals surface area (Å²) in [6.07, 6.45) is -9.18. The third kappa shape index (κ3) is 4.44. The molecule has 0 spiro atoms. The van der Waals surface area contributed by atoms with Crippen LogP contribution in [0.5, 0.6) is 0 Å². The largest absolute Gasteiger partial charge is 0.435 e. The van der Waals surface area contributed by atoms with Gasteiger partial charge in [0.25, 0.3) is 0 Å². The highest BCUT2D eigenvalue weighted by Crippen LogP contribution is 2.57. The minimum Gasteiger partial charge on any atom is -0.337 e. The number of alkyl halides is 7. The Kier molecular flexibility index (Phi) is 7.22. The fourth-order valence-corrected chi connectivity index (χ4v) is 9.27. The van der Waals surface area contributed by atoms with Crippen LogP contribution in [0.25, 0.3) is 0 Å². The zero-order valence-electron chi connectivity index (χ0n) is 21.7. The number of amides is 1. The van der Waals surface area contributed by atoms with Gasteiger partial charge in [0.05, 0.1) is 10.9 Å². The van der Waals surface area contributed by atoms with E-state index in [1.165, 1.54) is 4.90 Å². The van der Waals surface area contributed by atoms with Crippen LogP contribution in [-0.2, 0) is 31.5 Å². The van der Waals surface area contributed by atoms with E-state index in [0.29, 0.717) is 25.0 Å². The second-order valence-electron chi connectivity index (χ2n) is 11.0. The van der Waals surface area contributed by atoms with Crippen molar-refractivity contribution in [1.29, 1.82) is 0 Å². The van der Waals surface area contributed by atoms with Crippen molar-refractivity contribution >= 4 is 15.7 Å². The molecule has 0 radical (unpaired) electrons. The summed E-state index contributed by atoms with van der Waals surface area (Å²) in [7, 11) is -4.49. The molecule has 2 aromatic rings. The van der Waals surface area contributed by atoms with Crippen LogP contribution in [-0.4, -0.2) is 44.2 Å². The van der Waals surface area contributed by atoms with Crippen molar-refractivity contribution in [2.24, 2.45) is 5.92 Å². The Morgan fingerprint density at radius 1 is 0.854 bits per heavy atom. The van der Waals surface area contributed by atoms with E-state index < -0.39 is 50.0 Å². The molecule has 41 heavy (non-hydrogen) atoms. The Morgan fingerprint density at radius 3 is 2.05 bits per heavy atom. The Balaban J connectivity index is 1.68. The van der Waals surface area contributed by atoms with Crippen LogP contribution in [0, 0.1) is 11.7 Å². The zero-order valence-corrected chi connectivity index (χ0v) is 22.5. The second kappa shape index (κ2) is 9.95. The highest BCUT2D eigenvalue weighted by Gasteiger charge is 2.74. The topological polar surface area (TPSA) is 54.5 Å². The zero-order chi connectivity index (χ0) is 30.0. The van der Waals surface area contributed by atoms with Gasteiger partial charge in [-0.2, -0.15) is 26.3 Å². The van der Waals surface area contributed by atoms with E-state index >= 15 is 0 Å². The summed E-state index contributed by atoms with van der Waals surface area (Å²) >= 11 is 0. The Morgan fingerprint density at radius 2 is 1.46 bits per heavy atom. The van der Waals surface area contributed by atoms with Crippen molar-refractivity contribution in [3.8, 4) is 0 Å². The number of sulfone groups is 1. The predicted octanol–water partition coefficient (Wildman–Crippen LogP) is 6.91.